The zero-order valence-corrected chi connectivity index (χ0v) is 23.8. The van der Waals surface area contributed by atoms with Crippen LogP contribution in [0.1, 0.15) is 51.0 Å². The van der Waals surface area contributed by atoms with Crippen LogP contribution in [0.3, 0.4) is 0 Å². The highest BCUT2D eigenvalue weighted by atomic mass is 79.9. The molecule has 0 heterocycles. The summed E-state index contributed by atoms with van der Waals surface area (Å²) in [4.78, 5) is 28.6. The van der Waals surface area contributed by atoms with Gasteiger partial charge in [-0.3, -0.25) is 13.9 Å². The van der Waals surface area contributed by atoms with Crippen molar-refractivity contribution < 1.29 is 18.0 Å². The molecule has 2 aromatic carbocycles. The SMILES string of the molecule is CC[C@@H](C(=O)NC1CCCCC1)N(Cc1ccc(Cl)cc1)C(=O)CN(c1ccc(Br)cc1)S(C)(=O)=O. The molecule has 1 N–H and O–H groups in total. The van der Waals surface area contributed by atoms with E-state index in [0.717, 1.165) is 46.3 Å². The zero-order valence-electron chi connectivity index (χ0n) is 20.6. The molecule has 10 heteroatoms. The molecule has 2 amide bonds. The van der Waals surface area contributed by atoms with Gasteiger partial charge in [0.1, 0.15) is 12.6 Å². The van der Waals surface area contributed by atoms with E-state index in [9.17, 15) is 18.0 Å². The lowest BCUT2D eigenvalue weighted by Crippen LogP contribution is -2.53. The van der Waals surface area contributed by atoms with Gasteiger partial charge in [0.2, 0.25) is 21.8 Å². The summed E-state index contributed by atoms with van der Waals surface area (Å²) in [5.41, 5.74) is 1.17. The third-order valence-electron chi connectivity index (χ3n) is 6.40. The van der Waals surface area contributed by atoms with Gasteiger partial charge in [-0.15, -0.1) is 0 Å². The van der Waals surface area contributed by atoms with Gasteiger partial charge >= 0.3 is 0 Å². The van der Waals surface area contributed by atoms with E-state index in [1.165, 1.54) is 11.3 Å². The predicted octanol–water partition coefficient (Wildman–Crippen LogP) is 5.12. The Kier molecular flexibility index (Phi) is 10.2. The molecule has 36 heavy (non-hydrogen) atoms. The number of anilines is 1. The Bertz CT molecular complexity index is 1140. The first-order valence-electron chi connectivity index (χ1n) is 12.2. The predicted molar refractivity (Wildman–Crippen MR) is 147 cm³/mol. The topological polar surface area (TPSA) is 86.8 Å². The van der Waals surface area contributed by atoms with E-state index in [0.29, 0.717) is 17.1 Å². The molecule has 196 valence electrons. The van der Waals surface area contributed by atoms with E-state index in [-0.39, 0.29) is 18.5 Å². The quantitative estimate of drug-likeness (QED) is 0.411. The first-order valence-corrected chi connectivity index (χ1v) is 15.2. The minimum atomic E-state index is -3.76. The number of halogens is 2. The van der Waals surface area contributed by atoms with Gasteiger partial charge in [0.05, 0.1) is 11.9 Å². The summed E-state index contributed by atoms with van der Waals surface area (Å²) < 4.78 is 27.2. The van der Waals surface area contributed by atoms with Crippen molar-refractivity contribution >= 4 is 55.1 Å². The average Bonchev–Trinajstić information content (AvgIpc) is 2.84. The highest BCUT2D eigenvalue weighted by molar-refractivity contribution is 9.10. The summed E-state index contributed by atoms with van der Waals surface area (Å²) in [5.74, 6) is -0.662. The molecule has 1 atom stereocenters. The number of rotatable bonds is 10. The van der Waals surface area contributed by atoms with Crippen molar-refractivity contribution in [1.82, 2.24) is 10.2 Å². The van der Waals surface area contributed by atoms with Crippen molar-refractivity contribution in [3.8, 4) is 0 Å². The summed E-state index contributed by atoms with van der Waals surface area (Å²) in [6.07, 6.45) is 6.64. The van der Waals surface area contributed by atoms with Crippen LogP contribution in [0, 0.1) is 0 Å². The molecular formula is C26H33BrClN3O4S. The first-order chi connectivity index (χ1) is 17.1. The number of hydrogen-bond donors (Lipinski definition) is 1. The summed E-state index contributed by atoms with van der Waals surface area (Å²) in [6, 6.07) is 13.1. The first kappa shape index (κ1) is 28.5. The number of hydrogen-bond acceptors (Lipinski definition) is 4. The fourth-order valence-corrected chi connectivity index (χ4v) is 5.71. The molecule has 1 aliphatic carbocycles. The van der Waals surface area contributed by atoms with Crippen molar-refractivity contribution in [2.45, 2.75) is 64.1 Å². The number of nitrogens with zero attached hydrogens (tertiary/aromatic N) is 2. The van der Waals surface area contributed by atoms with E-state index >= 15 is 0 Å². The van der Waals surface area contributed by atoms with Gasteiger partial charge < -0.3 is 10.2 Å². The number of carbonyl (C=O) groups is 2. The van der Waals surface area contributed by atoms with Crippen LogP contribution >= 0.6 is 27.5 Å². The molecule has 7 nitrogen and oxygen atoms in total. The lowest BCUT2D eigenvalue weighted by atomic mass is 9.95. The van der Waals surface area contributed by atoms with E-state index in [2.05, 4.69) is 21.2 Å². The van der Waals surface area contributed by atoms with Gasteiger partial charge in [0.25, 0.3) is 0 Å². The lowest BCUT2D eigenvalue weighted by molar-refractivity contribution is -0.140. The van der Waals surface area contributed by atoms with Crippen molar-refractivity contribution in [1.29, 1.82) is 0 Å². The van der Waals surface area contributed by atoms with Crippen molar-refractivity contribution in [2.24, 2.45) is 0 Å². The Morgan fingerprint density at radius 1 is 1.06 bits per heavy atom. The molecule has 0 aliphatic heterocycles. The summed E-state index contributed by atoms with van der Waals surface area (Å²) in [7, 11) is -3.76. The number of sulfonamides is 1. The van der Waals surface area contributed by atoms with Crippen molar-refractivity contribution in [2.75, 3.05) is 17.1 Å². The summed E-state index contributed by atoms with van der Waals surface area (Å²) >= 11 is 9.39. The second-order valence-electron chi connectivity index (χ2n) is 9.16. The van der Waals surface area contributed by atoms with Gasteiger partial charge in [-0.1, -0.05) is 65.8 Å². The van der Waals surface area contributed by atoms with Crippen LogP contribution in [-0.2, 0) is 26.2 Å². The Hall–Kier alpha value is -2.10. The van der Waals surface area contributed by atoms with Gasteiger partial charge in [-0.05, 0) is 61.2 Å². The molecule has 1 saturated carbocycles. The molecule has 0 spiro atoms. The minimum absolute atomic E-state index is 0.100. The molecule has 0 saturated heterocycles. The molecule has 1 fully saturated rings. The van der Waals surface area contributed by atoms with Gasteiger partial charge in [0, 0.05) is 22.1 Å². The second kappa shape index (κ2) is 12.9. The molecule has 0 radical (unpaired) electrons. The maximum Gasteiger partial charge on any atom is 0.244 e. The van der Waals surface area contributed by atoms with Crippen LogP contribution in [0.15, 0.2) is 53.0 Å². The Morgan fingerprint density at radius 3 is 2.22 bits per heavy atom. The third-order valence-corrected chi connectivity index (χ3v) is 8.32. The van der Waals surface area contributed by atoms with Crippen molar-refractivity contribution in [3.63, 3.8) is 0 Å². The molecule has 0 bridgehead atoms. The fourth-order valence-electron chi connectivity index (χ4n) is 4.47. The number of benzene rings is 2. The molecule has 2 aromatic rings. The van der Waals surface area contributed by atoms with Crippen LogP contribution < -0.4 is 9.62 Å². The number of nitrogens with one attached hydrogen (secondary N) is 1. The summed E-state index contributed by atoms with van der Waals surface area (Å²) in [5, 5.41) is 3.70. The second-order valence-corrected chi connectivity index (χ2v) is 12.4. The molecule has 0 aromatic heterocycles. The van der Waals surface area contributed by atoms with E-state index in [1.54, 1.807) is 48.5 Å². The smallest absolute Gasteiger partial charge is 0.244 e. The Labute approximate surface area is 227 Å². The molecule has 0 unspecified atom stereocenters. The molecule has 3 rings (SSSR count). The third kappa shape index (κ3) is 7.95. The number of carbonyl (C=O) groups excluding carboxylic acids is 2. The maximum absolute atomic E-state index is 13.7. The largest absolute Gasteiger partial charge is 0.352 e. The molecule has 1 aliphatic rings. The van der Waals surface area contributed by atoms with Crippen LogP contribution in [-0.4, -0.2) is 50.0 Å². The van der Waals surface area contributed by atoms with Crippen LogP contribution in [0.5, 0.6) is 0 Å². The summed E-state index contributed by atoms with van der Waals surface area (Å²) in [6.45, 7) is 1.60. The maximum atomic E-state index is 13.7. The van der Waals surface area contributed by atoms with Gasteiger partial charge in [-0.2, -0.15) is 0 Å². The van der Waals surface area contributed by atoms with Crippen LogP contribution in [0.2, 0.25) is 5.02 Å². The average molecular weight is 599 g/mol. The van der Waals surface area contributed by atoms with Crippen molar-refractivity contribution in [3.05, 3.63) is 63.6 Å². The van der Waals surface area contributed by atoms with Gasteiger partial charge in [0.15, 0.2) is 0 Å². The Morgan fingerprint density at radius 2 is 1.67 bits per heavy atom. The Balaban J connectivity index is 1.89. The van der Waals surface area contributed by atoms with E-state index in [1.807, 2.05) is 6.92 Å². The number of amides is 2. The highest BCUT2D eigenvalue weighted by Gasteiger charge is 2.32. The fraction of sp³-hybridized carbons (Fsp3) is 0.462. The van der Waals surface area contributed by atoms with Crippen LogP contribution in [0.4, 0.5) is 5.69 Å². The van der Waals surface area contributed by atoms with Gasteiger partial charge in [-0.25, -0.2) is 8.42 Å². The monoisotopic (exact) mass is 597 g/mol. The normalized spacial score (nSPS) is 15.2. The standard InChI is InChI=1S/C26H33BrClN3O4S/c1-3-24(26(33)29-22-7-5-4-6-8-22)30(17-19-9-13-21(28)14-10-19)25(32)18-31(36(2,34)35)23-15-11-20(27)12-16-23/h9-16,22,24H,3-8,17-18H2,1-2H3,(H,29,33)/t24-/m0/s1. The van der Waals surface area contributed by atoms with E-state index < -0.39 is 28.5 Å². The highest BCUT2D eigenvalue weighted by Crippen LogP contribution is 2.23. The minimum Gasteiger partial charge on any atom is -0.352 e. The van der Waals surface area contributed by atoms with E-state index in [4.69, 9.17) is 11.6 Å². The van der Waals surface area contributed by atoms with Crippen LogP contribution in [0.25, 0.3) is 0 Å². The zero-order chi connectivity index (χ0) is 26.3. The lowest BCUT2D eigenvalue weighted by Gasteiger charge is -2.34. The molecular weight excluding hydrogens is 566 g/mol.